The number of rotatable bonds is 14. The Kier molecular flexibility index (Phi) is 11.6. The van der Waals surface area contributed by atoms with Crippen molar-refractivity contribution in [3.8, 4) is 11.5 Å². The van der Waals surface area contributed by atoms with Gasteiger partial charge in [0.15, 0.2) is 11.5 Å². The molecule has 3 aromatic rings. The lowest BCUT2D eigenvalue weighted by atomic mass is 10.1. The van der Waals surface area contributed by atoms with Crippen LogP contribution in [0.5, 0.6) is 11.5 Å². The summed E-state index contributed by atoms with van der Waals surface area (Å²) in [5, 5.41) is 3.22. The van der Waals surface area contributed by atoms with Crippen LogP contribution in [0, 0.1) is 5.82 Å². The lowest BCUT2D eigenvalue weighted by Gasteiger charge is -2.33. The van der Waals surface area contributed by atoms with Crippen LogP contribution in [0.2, 0.25) is 5.02 Å². The molecule has 226 valence electrons. The minimum Gasteiger partial charge on any atom is -0.493 e. The van der Waals surface area contributed by atoms with E-state index in [9.17, 15) is 22.4 Å². The molecule has 0 saturated carbocycles. The SMILES string of the molecule is CCCNC(=O)[C@@H](CC)N(Cc1ccccc1Cl)C(=O)CN(c1ccc(F)cc1)S(=O)(=O)c1ccc(OC)c(OC)c1. The Bertz CT molecular complexity index is 1490. The Labute approximate surface area is 251 Å². The Morgan fingerprint density at radius 2 is 1.64 bits per heavy atom. The van der Waals surface area contributed by atoms with Crippen molar-refractivity contribution in [3.63, 3.8) is 0 Å². The molecule has 0 bridgehead atoms. The maximum atomic E-state index is 14.1. The van der Waals surface area contributed by atoms with E-state index >= 15 is 0 Å². The third-order valence-corrected chi connectivity index (χ3v) is 8.71. The van der Waals surface area contributed by atoms with E-state index in [-0.39, 0.29) is 35.2 Å². The first kappa shape index (κ1) is 32.7. The van der Waals surface area contributed by atoms with Crippen molar-refractivity contribution in [2.75, 3.05) is 31.6 Å². The molecule has 42 heavy (non-hydrogen) atoms. The number of ether oxygens (including phenoxy) is 2. The normalized spacial score (nSPS) is 11.9. The van der Waals surface area contributed by atoms with Crippen LogP contribution in [-0.4, -0.2) is 58.5 Å². The molecule has 3 rings (SSSR count). The molecule has 0 aliphatic heterocycles. The fourth-order valence-corrected chi connectivity index (χ4v) is 5.96. The average Bonchev–Trinajstić information content (AvgIpc) is 2.99. The number of benzene rings is 3. The molecule has 12 heteroatoms. The molecule has 0 heterocycles. The second-order valence-corrected chi connectivity index (χ2v) is 11.6. The van der Waals surface area contributed by atoms with Gasteiger partial charge in [-0.05, 0) is 60.9 Å². The van der Waals surface area contributed by atoms with Gasteiger partial charge in [-0.25, -0.2) is 12.8 Å². The van der Waals surface area contributed by atoms with E-state index < -0.39 is 34.3 Å². The summed E-state index contributed by atoms with van der Waals surface area (Å²) in [5.74, 6) is -1.11. The quantitative estimate of drug-likeness (QED) is 0.272. The van der Waals surface area contributed by atoms with E-state index in [1.54, 1.807) is 31.2 Å². The average molecular weight is 620 g/mol. The number of anilines is 1. The number of halogens is 2. The summed E-state index contributed by atoms with van der Waals surface area (Å²) in [6, 6.07) is 14.8. The standard InChI is InChI=1S/C30H35ClFN3O6S/c1-5-17-33-30(37)26(6-2)34(19-21-9-7-8-10-25(21)31)29(36)20-35(23-13-11-22(32)12-14-23)42(38,39)24-15-16-27(40-3)28(18-24)41-4/h7-16,18,26H,5-6,17,19-20H2,1-4H3,(H,33,37)/t26-/m1/s1. The van der Waals surface area contributed by atoms with Crippen molar-refractivity contribution in [1.29, 1.82) is 0 Å². The molecule has 0 saturated heterocycles. The molecule has 1 N–H and O–H groups in total. The van der Waals surface area contributed by atoms with Crippen LogP contribution in [0.4, 0.5) is 10.1 Å². The lowest BCUT2D eigenvalue weighted by molar-refractivity contribution is -0.140. The Hall–Kier alpha value is -3.83. The van der Waals surface area contributed by atoms with Crippen LogP contribution in [0.15, 0.2) is 71.6 Å². The number of carbonyl (C=O) groups excluding carboxylic acids is 2. The summed E-state index contributed by atoms with van der Waals surface area (Å²) in [5.41, 5.74) is 0.644. The highest BCUT2D eigenvalue weighted by Gasteiger charge is 2.34. The van der Waals surface area contributed by atoms with E-state index in [1.807, 2.05) is 6.92 Å². The maximum absolute atomic E-state index is 14.1. The van der Waals surface area contributed by atoms with Crippen LogP contribution in [0.25, 0.3) is 0 Å². The highest BCUT2D eigenvalue weighted by molar-refractivity contribution is 7.92. The summed E-state index contributed by atoms with van der Waals surface area (Å²) in [6.07, 6.45) is 0.966. The molecule has 0 aliphatic rings. The van der Waals surface area contributed by atoms with Gasteiger partial charge in [0.05, 0.1) is 24.8 Å². The van der Waals surface area contributed by atoms with E-state index in [0.717, 1.165) is 16.4 Å². The van der Waals surface area contributed by atoms with Crippen molar-refractivity contribution in [3.05, 3.63) is 83.1 Å². The Balaban J connectivity index is 2.10. The summed E-state index contributed by atoms with van der Waals surface area (Å²) in [4.78, 5) is 28.4. The summed E-state index contributed by atoms with van der Waals surface area (Å²) in [7, 11) is -1.61. The summed E-state index contributed by atoms with van der Waals surface area (Å²) >= 11 is 6.40. The molecule has 0 spiro atoms. The van der Waals surface area contributed by atoms with Crippen LogP contribution in [-0.2, 0) is 26.2 Å². The zero-order valence-corrected chi connectivity index (χ0v) is 25.5. The van der Waals surface area contributed by atoms with Gasteiger partial charge in [-0.3, -0.25) is 13.9 Å². The molecule has 1 atom stereocenters. The molecule has 0 radical (unpaired) electrons. The van der Waals surface area contributed by atoms with Crippen LogP contribution < -0.4 is 19.1 Å². The van der Waals surface area contributed by atoms with E-state index in [2.05, 4.69) is 5.32 Å². The van der Waals surface area contributed by atoms with Crippen molar-refractivity contribution in [2.24, 2.45) is 0 Å². The molecule has 0 aromatic heterocycles. The number of hydrogen-bond donors (Lipinski definition) is 1. The number of nitrogens with zero attached hydrogens (tertiary/aromatic N) is 2. The van der Waals surface area contributed by atoms with Gasteiger partial charge in [0.1, 0.15) is 18.4 Å². The van der Waals surface area contributed by atoms with Gasteiger partial charge in [-0.1, -0.05) is 43.6 Å². The van der Waals surface area contributed by atoms with Gasteiger partial charge < -0.3 is 19.7 Å². The monoisotopic (exact) mass is 619 g/mol. The molecule has 9 nitrogen and oxygen atoms in total. The van der Waals surface area contributed by atoms with E-state index in [1.165, 1.54) is 49.5 Å². The third-order valence-electron chi connectivity index (χ3n) is 6.57. The number of methoxy groups -OCH3 is 2. The first-order valence-electron chi connectivity index (χ1n) is 13.4. The molecule has 0 unspecified atom stereocenters. The number of sulfonamides is 1. The zero-order valence-electron chi connectivity index (χ0n) is 24.0. The van der Waals surface area contributed by atoms with Crippen molar-refractivity contribution < 1.29 is 31.9 Å². The first-order valence-corrected chi connectivity index (χ1v) is 15.2. The number of nitrogens with one attached hydrogen (secondary N) is 1. The van der Waals surface area contributed by atoms with Crippen molar-refractivity contribution in [1.82, 2.24) is 10.2 Å². The van der Waals surface area contributed by atoms with Gasteiger partial charge >= 0.3 is 0 Å². The summed E-state index contributed by atoms with van der Waals surface area (Å²) in [6.45, 7) is 3.38. The highest BCUT2D eigenvalue weighted by Crippen LogP contribution is 2.32. The molecular formula is C30H35ClFN3O6S. The van der Waals surface area contributed by atoms with Crippen LogP contribution in [0.3, 0.4) is 0 Å². The number of carbonyl (C=O) groups is 2. The van der Waals surface area contributed by atoms with Crippen LogP contribution >= 0.6 is 11.6 Å². The first-order chi connectivity index (χ1) is 20.1. The topological polar surface area (TPSA) is 105 Å². The predicted octanol–water partition coefficient (Wildman–Crippen LogP) is 5.03. The lowest BCUT2D eigenvalue weighted by Crippen LogP contribution is -2.52. The van der Waals surface area contributed by atoms with Crippen molar-refractivity contribution in [2.45, 2.75) is 44.2 Å². The smallest absolute Gasteiger partial charge is 0.264 e. The number of hydrogen-bond acceptors (Lipinski definition) is 6. The third kappa shape index (κ3) is 7.71. The van der Waals surface area contributed by atoms with E-state index in [4.69, 9.17) is 21.1 Å². The minimum absolute atomic E-state index is 0.0375. The molecule has 0 fully saturated rings. The number of amides is 2. The molecule has 0 aliphatic carbocycles. The van der Waals surface area contributed by atoms with Gasteiger partial charge in [0, 0.05) is 24.2 Å². The molecule has 2 amide bonds. The Morgan fingerprint density at radius 1 is 0.976 bits per heavy atom. The summed E-state index contributed by atoms with van der Waals surface area (Å²) < 4.78 is 53.3. The molecule has 3 aromatic carbocycles. The van der Waals surface area contributed by atoms with Gasteiger partial charge in [0.2, 0.25) is 11.8 Å². The second kappa shape index (κ2) is 14.9. The van der Waals surface area contributed by atoms with Gasteiger partial charge in [-0.2, -0.15) is 0 Å². The largest absolute Gasteiger partial charge is 0.493 e. The highest BCUT2D eigenvalue weighted by atomic mass is 35.5. The fraction of sp³-hybridized carbons (Fsp3) is 0.333. The maximum Gasteiger partial charge on any atom is 0.264 e. The fourth-order valence-electron chi connectivity index (χ4n) is 4.34. The van der Waals surface area contributed by atoms with E-state index in [0.29, 0.717) is 29.3 Å². The van der Waals surface area contributed by atoms with Crippen LogP contribution in [0.1, 0.15) is 32.3 Å². The minimum atomic E-state index is -4.40. The van der Waals surface area contributed by atoms with Gasteiger partial charge in [-0.15, -0.1) is 0 Å². The van der Waals surface area contributed by atoms with Gasteiger partial charge in [0.25, 0.3) is 10.0 Å². The Morgan fingerprint density at radius 3 is 2.24 bits per heavy atom. The molecular weight excluding hydrogens is 585 g/mol. The predicted molar refractivity (Wildman–Crippen MR) is 160 cm³/mol. The zero-order chi connectivity index (χ0) is 30.9. The van der Waals surface area contributed by atoms with Crippen molar-refractivity contribution >= 4 is 39.1 Å². The second-order valence-electron chi connectivity index (χ2n) is 9.33.